The number of benzene rings is 1. The standard InChI is InChI=1S/C18H28N2O2/c1-20-11-8-16(9-12-20)14-15-4-6-17(7-5-15)18(21)19-10-3-13-22-2/h4-7,16H,3,8-14H2,1-2H3,(H,19,21). The second kappa shape index (κ2) is 8.91. The van der Waals surface area contributed by atoms with Gasteiger partial charge in [-0.05, 0) is 69.4 Å². The van der Waals surface area contributed by atoms with E-state index < -0.39 is 0 Å². The van der Waals surface area contributed by atoms with Crippen molar-refractivity contribution >= 4 is 5.91 Å². The summed E-state index contributed by atoms with van der Waals surface area (Å²) in [6, 6.07) is 8.08. The van der Waals surface area contributed by atoms with Gasteiger partial charge in [0.1, 0.15) is 0 Å². The molecule has 22 heavy (non-hydrogen) atoms. The van der Waals surface area contributed by atoms with Crippen molar-refractivity contribution in [2.75, 3.05) is 40.4 Å². The Morgan fingerprint density at radius 1 is 1.27 bits per heavy atom. The first-order chi connectivity index (χ1) is 10.7. The first-order valence-corrected chi connectivity index (χ1v) is 8.23. The average molecular weight is 304 g/mol. The number of nitrogens with one attached hydrogen (secondary N) is 1. The van der Waals surface area contributed by atoms with Gasteiger partial charge in [-0.25, -0.2) is 0 Å². The molecule has 1 aromatic rings. The largest absolute Gasteiger partial charge is 0.385 e. The summed E-state index contributed by atoms with van der Waals surface area (Å²) in [6.07, 6.45) is 4.52. The minimum atomic E-state index is 0.00180. The molecule has 1 aromatic carbocycles. The van der Waals surface area contributed by atoms with Crippen LogP contribution in [-0.4, -0.2) is 51.2 Å². The molecule has 0 unspecified atom stereocenters. The summed E-state index contributed by atoms with van der Waals surface area (Å²) in [7, 11) is 3.86. The van der Waals surface area contributed by atoms with Gasteiger partial charge < -0.3 is 15.0 Å². The monoisotopic (exact) mass is 304 g/mol. The second-order valence-corrected chi connectivity index (χ2v) is 6.25. The molecule has 0 saturated carbocycles. The molecule has 4 nitrogen and oxygen atoms in total. The topological polar surface area (TPSA) is 41.6 Å². The molecule has 1 saturated heterocycles. The van der Waals surface area contributed by atoms with E-state index in [1.165, 1.54) is 31.5 Å². The minimum absolute atomic E-state index is 0.00180. The zero-order valence-corrected chi connectivity index (χ0v) is 13.8. The van der Waals surface area contributed by atoms with Gasteiger partial charge in [-0.3, -0.25) is 4.79 Å². The van der Waals surface area contributed by atoms with Crippen LogP contribution in [-0.2, 0) is 11.2 Å². The molecule has 2 rings (SSSR count). The van der Waals surface area contributed by atoms with Crippen LogP contribution in [0, 0.1) is 5.92 Å². The molecule has 0 spiro atoms. The number of ether oxygens (including phenoxy) is 1. The Bertz CT molecular complexity index is 451. The number of likely N-dealkylation sites (tertiary alicyclic amines) is 1. The lowest BCUT2D eigenvalue weighted by atomic mass is 9.90. The number of carbonyl (C=O) groups is 1. The molecule has 4 heteroatoms. The molecule has 0 radical (unpaired) electrons. The molecular formula is C18H28N2O2. The van der Waals surface area contributed by atoms with Crippen LogP contribution in [0.4, 0.5) is 0 Å². The minimum Gasteiger partial charge on any atom is -0.385 e. The predicted octanol–water partition coefficient (Wildman–Crippen LogP) is 2.34. The quantitative estimate of drug-likeness (QED) is 0.786. The van der Waals surface area contributed by atoms with Crippen molar-refractivity contribution in [2.24, 2.45) is 5.92 Å². The van der Waals surface area contributed by atoms with Gasteiger partial charge in [0.25, 0.3) is 5.91 Å². The number of methoxy groups -OCH3 is 1. The Balaban J connectivity index is 1.78. The summed E-state index contributed by atoms with van der Waals surface area (Å²) in [5, 5.41) is 2.92. The van der Waals surface area contributed by atoms with E-state index in [4.69, 9.17) is 4.74 Å². The zero-order valence-electron chi connectivity index (χ0n) is 13.8. The van der Waals surface area contributed by atoms with E-state index in [2.05, 4.69) is 29.4 Å². The molecular weight excluding hydrogens is 276 g/mol. The third kappa shape index (κ3) is 5.43. The van der Waals surface area contributed by atoms with Crippen LogP contribution in [0.25, 0.3) is 0 Å². The molecule has 0 aromatic heterocycles. The van der Waals surface area contributed by atoms with Crippen LogP contribution in [0.15, 0.2) is 24.3 Å². The third-order valence-electron chi connectivity index (χ3n) is 4.39. The number of nitrogens with zero attached hydrogens (tertiary/aromatic N) is 1. The normalized spacial score (nSPS) is 16.6. The number of hydrogen-bond donors (Lipinski definition) is 1. The summed E-state index contributed by atoms with van der Waals surface area (Å²) < 4.78 is 4.97. The summed E-state index contributed by atoms with van der Waals surface area (Å²) in [5.74, 6) is 0.784. The van der Waals surface area contributed by atoms with Crippen LogP contribution >= 0.6 is 0 Å². The number of hydrogen-bond acceptors (Lipinski definition) is 3. The van der Waals surface area contributed by atoms with Crippen molar-refractivity contribution < 1.29 is 9.53 Å². The maximum absolute atomic E-state index is 12.0. The first-order valence-electron chi connectivity index (χ1n) is 8.23. The zero-order chi connectivity index (χ0) is 15.8. The average Bonchev–Trinajstić information content (AvgIpc) is 2.54. The van der Waals surface area contributed by atoms with Gasteiger partial charge in [0.05, 0.1) is 0 Å². The smallest absolute Gasteiger partial charge is 0.251 e. The lowest BCUT2D eigenvalue weighted by Gasteiger charge is -2.28. The van der Waals surface area contributed by atoms with Gasteiger partial charge in [0, 0.05) is 25.8 Å². The van der Waals surface area contributed by atoms with E-state index in [0.717, 1.165) is 24.3 Å². The lowest BCUT2D eigenvalue weighted by Crippen LogP contribution is -2.30. The van der Waals surface area contributed by atoms with Gasteiger partial charge in [0.2, 0.25) is 0 Å². The van der Waals surface area contributed by atoms with E-state index in [0.29, 0.717) is 13.2 Å². The second-order valence-electron chi connectivity index (χ2n) is 6.25. The molecule has 0 atom stereocenters. The van der Waals surface area contributed by atoms with Crippen molar-refractivity contribution in [3.05, 3.63) is 35.4 Å². The number of carbonyl (C=O) groups excluding carboxylic acids is 1. The molecule has 1 N–H and O–H groups in total. The lowest BCUT2D eigenvalue weighted by molar-refractivity contribution is 0.0948. The van der Waals surface area contributed by atoms with E-state index >= 15 is 0 Å². The van der Waals surface area contributed by atoms with Crippen molar-refractivity contribution in [2.45, 2.75) is 25.7 Å². The fourth-order valence-corrected chi connectivity index (χ4v) is 2.91. The van der Waals surface area contributed by atoms with Gasteiger partial charge in [-0.1, -0.05) is 12.1 Å². The summed E-state index contributed by atoms with van der Waals surface area (Å²) >= 11 is 0. The Labute approximate surface area is 133 Å². The fraction of sp³-hybridized carbons (Fsp3) is 0.611. The van der Waals surface area contributed by atoms with Crippen LogP contribution in [0.1, 0.15) is 35.2 Å². The number of rotatable bonds is 7. The van der Waals surface area contributed by atoms with E-state index in [1.54, 1.807) is 7.11 Å². The Kier molecular flexibility index (Phi) is 6.87. The Morgan fingerprint density at radius 2 is 1.95 bits per heavy atom. The van der Waals surface area contributed by atoms with Gasteiger partial charge >= 0.3 is 0 Å². The molecule has 1 heterocycles. The first kappa shape index (κ1) is 17.0. The van der Waals surface area contributed by atoms with Crippen LogP contribution in [0.2, 0.25) is 0 Å². The molecule has 0 bridgehead atoms. The van der Waals surface area contributed by atoms with Gasteiger partial charge in [-0.15, -0.1) is 0 Å². The highest BCUT2D eigenvalue weighted by molar-refractivity contribution is 5.94. The van der Waals surface area contributed by atoms with Crippen molar-refractivity contribution in [1.82, 2.24) is 10.2 Å². The third-order valence-corrected chi connectivity index (χ3v) is 4.39. The molecule has 0 aliphatic carbocycles. The van der Waals surface area contributed by atoms with Crippen LogP contribution in [0.3, 0.4) is 0 Å². The highest BCUT2D eigenvalue weighted by Gasteiger charge is 2.17. The maximum atomic E-state index is 12.0. The highest BCUT2D eigenvalue weighted by Crippen LogP contribution is 2.21. The molecule has 1 aliphatic rings. The SMILES string of the molecule is COCCCNC(=O)c1ccc(CC2CCN(C)CC2)cc1. The summed E-state index contributed by atoms with van der Waals surface area (Å²) in [6.45, 7) is 3.74. The van der Waals surface area contributed by atoms with Crippen molar-refractivity contribution in [3.8, 4) is 0 Å². The summed E-state index contributed by atoms with van der Waals surface area (Å²) in [5.41, 5.74) is 2.08. The fourth-order valence-electron chi connectivity index (χ4n) is 2.91. The maximum Gasteiger partial charge on any atom is 0.251 e. The van der Waals surface area contributed by atoms with Crippen LogP contribution in [0.5, 0.6) is 0 Å². The molecule has 1 aliphatic heterocycles. The Morgan fingerprint density at radius 3 is 2.59 bits per heavy atom. The van der Waals surface area contributed by atoms with E-state index in [-0.39, 0.29) is 5.91 Å². The van der Waals surface area contributed by atoms with E-state index in [1.807, 2.05) is 12.1 Å². The highest BCUT2D eigenvalue weighted by atomic mass is 16.5. The number of amides is 1. The molecule has 1 amide bonds. The van der Waals surface area contributed by atoms with Crippen molar-refractivity contribution in [1.29, 1.82) is 0 Å². The van der Waals surface area contributed by atoms with E-state index in [9.17, 15) is 4.79 Å². The number of piperidine rings is 1. The van der Waals surface area contributed by atoms with Crippen LogP contribution < -0.4 is 5.32 Å². The van der Waals surface area contributed by atoms with Gasteiger partial charge in [-0.2, -0.15) is 0 Å². The predicted molar refractivity (Wildman–Crippen MR) is 89.2 cm³/mol. The molecule has 122 valence electrons. The molecule has 1 fully saturated rings. The Hall–Kier alpha value is -1.39. The van der Waals surface area contributed by atoms with Gasteiger partial charge in [0.15, 0.2) is 0 Å². The van der Waals surface area contributed by atoms with Crippen molar-refractivity contribution in [3.63, 3.8) is 0 Å². The summed E-state index contributed by atoms with van der Waals surface area (Å²) in [4.78, 5) is 14.4.